The first-order valence-electron chi connectivity index (χ1n) is 11.4. The smallest absolute Gasteiger partial charge is 0.295 e. The minimum absolute atomic E-state index is 0.0573. The first-order valence-corrected chi connectivity index (χ1v) is 11.4. The Labute approximate surface area is 200 Å². The topological polar surface area (TPSA) is 83.6 Å². The summed E-state index contributed by atoms with van der Waals surface area (Å²) in [5.74, 6) is -2.88. The highest BCUT2D eigenvalue weighted by atomic mass is 16.2. The van der Waals surface area contributed by atoms with Crippen molar-refractivity contribution in [3.8, 4) is 0 Å². The van der Waals surface area contributed by atoms with Crippen LogP contribution in [0, 0.1) is 0 Å². The Morgan fingerprint density at radius 2 is 1.26 bits per heavy atom. The van der Waals surface area contributed by atoms with Gasteiger partial charge in [0.2, 0.25) is 11.6 Å². The number of carbonyl (C=O) groups is 4. The molecule has 0 aromatic heterocycles. The second-order valence-corrected chi connectivity index (χ2v) is 8.90. The Morgan fingerprint density at radius 3 is 1.91 bits per heavy atom. The van der Waals surface area contributed by atoms with Gasteiger partial charge in [0.15, 0.2) is 0 Å². The standard InChI is InChI=1S/C28H30N2O4/c1-17(2)30(18(3)4)28(34)26(32)22-13-8-12-21(16-22)25(31)27(33)29-19(5)23-15-9-11-20-10-6-7-14-24(20)23/h6-19H,1-5H3,(H,29,33)/t19-/m0/s1. The fourth-order valence-corrected chi connectivity index (χ4v) is 4.21. The minimum atomic E-state index is -0.776. The van der Waals surface area contributed by atoms with Crippen molar-refractivity contribution in [2.75, 3.05) is 0 Å². The normalized spacial score (nSPS) is 12.0. The third-order valence-electron chi connectivity index (χ3n) is 5.77. The zero-order valence-corrected chi connectivity index (χ0v) is 20.2. The van der Waals surface area contributed by atoms with Crippen molar-refractivity contribution in [3.05, 3.63) is 83.4 Å². The van der Waals surface area contributed by atoms with E-state index in [2.05, 4.69) is 5.32 Å². The Kier molecular flexibility index (Phi) is 7.61. The van der Waals surface area contributed by atoms with Gasteiger partial charge in [-0.3, -0.25) is 19.2 Å². The van der Waals surface area contributed by atoms with E-state index in [0.717, 1.165) is 16.3 Å². The molecule has 1 N–H and O–H groups in total. The lowest BCUT2D eigenvalue weighted by atomic mass is 9.99. The summed E-state index contributed by atoms with van der Waals surface area (Å²) in [7, 11) is 0. The second kappa shape index (κ2) is 10.4. The molecule has 0 heterocycles. The van der Waals surface area contributed by atoms with E-state index in [1.807, 2.05) is 77.1 Å². The van der Waals surface area contributed by atoms with E-state index in [1.54, 1.807) is 0 Å². The van der Waals surface area contributed by atoms with Crippen molar-refractivity contribution in [1.82, 2.24) is 10.2 Å². The van der Waals surface area contributed by atoms with Crippen LogP contribution in [0.25, 0.3) is 10.8 Å². The van der Waals surface area contributed by atoms with Gasteiger partial charge in [-0.15, -0.1) is 0 Å². The fourth-order valence-electron chi connectivity index (χ4n) is 4.21. The summed E-state index contributed by atoms with van der Waals surface area (Å²) in [6, 6.07) is 18.7. The molecule has 0 aliphatic rings. The van der Waals surface area contributed by atoms with Gasteiger partial charge in [-0.2, -0.15) is 0 Å². The highest BCUT2D eigenvalue weighted by molar-refractivity contribution is 6.45. The molecule has 0 radical (unpaired) electrons. The number of ketones is 2. The van der Waals surface area contributed by atoms with E-state index >= 15 is 0 Å². The molecule has 3 rings (SSSR count). The quantitative estimate of drug-likeness (QED) is 0.391. The summed E-state index contributed by atoms with van der Waals surface area (Å²) >= 11 is 0. The highest BCUT2D eigenvalue weighted by Crippen LogP contribution is 2.24. The second-order valence-electron chi connectivity index (χ2n) is 8.90. The number of nitrogens with one attached hydrogen (secondary N) is 1. The van der Waals surface area contributed by atoms with Gasteiger partial charge >= 0.3 is 0 Å². The minimum Gasteiger partial charge on any atom is -0.343 e. The molecule has 0 saturated carbocycles. The van der Waals surface area contributed by atoms with Crippen LogP contribution in [0.1, 0.15) is 66.9 Å². The number of carbonyl (C=O) groups excluding carboxylic acids is 4. The summed E-state index contributed by atoms with van der Waals surface area (Å²) in [6.07, 6.45) is 0. The summed E-state index contributed by atoms with van der Waals surface area (Å²) in [5, 5.41) is 4.80. The first kappa shape index (κ1) is 24.8. The van der Waals surface area contributed by atoms with Crippen LogP contribution < -0.4 is 5.32 Å². The van der Waals surface area contributed by atoms with Gasteiger partial charge in [0.1, 0.15) is 0 Å². The number of benzene rings is 3. The molecule has 6 nitrogen and oxygen atoms in total. The predicted molar refractivity (Wildman–Crippen MR) is 133 cm³/mol. The fraction of sp³-hybridized carbons (Fsp3) is 0.286. The maximum Gasteiger partial charge on any atom is 0.295 e. The van der Waals surface area contributed by atoms with Gasteiger partial charge < -0.3 is 10.2 Å². The first-order chi connectivity index (χ1) is 16.1. The van der Waals surface area contributed by atoms with Crippen LogP contribution in [-0.4, -0.2) is 40.4 Å². The Morgan fingerprint density at radius 1 is 0.706 bits per heavy atom. The van der Waals surface area contributed by atoms with E-state index in [-0.39, 0.29) is 23.2 Å². The SMILES string of the molecule is CC(C)N(C(=O)C(=O)c1cccc(C(=O)C(=O)N[C@@H](C)c2cccc3ccccc23)c1)C(C)C. The summed E-state index contributed by atoms with van der Waals surface area (Å²) in [5.41, 5.74) is 1.04. The van der Waals surface area contributed by atoms with E-state index in [4.69, 9.17) is 0 Å². The van der Waals surface area contributed by atoms with Crippen LogP contribution in [0.3, 0.4) is 0 Å². The molecule has 0 fully saturated rings. The average molecular weight is 459 g/mol. The van der Waals surface area contributed by atoms with E-state index in [1.165, 1.54) is 29.2 Å². The molecule has 3 aromatic rings. The van der Waals surface area contributed by atoms with Crippen LogP contribution in [0.15, 0.2) is 66.7 Å². The number of fused-ring (bicyclic) bond motifs is 1. The van der Waals surface area contributed by atoms with Crippen molar-refractivity contribution in [2.24, 2.45) is 0 Å². The van der Waals surface area contributed by atoms with Crippen molar-refractivity contribution in [1.29, 1.82) is 0 Å². The molecule has 0 spiro atoms. The molecule has 0 unspecified atom stereocenters. The Bertz CT molecular complexity index is 1230. The lowest BCUT2D eigenvalue weighted by Gasteiger charge is -2.30. The van der Waals surface area contributed by atoms with Crippen molar-refractivity contribution in [3.63, 3.8) is 0 Å². The molecule has 34 heavy (non-hydrogen) atoms. The third-order valence-corrected chi connectivity index (χ3v) is 5.77. The predicted octanol–water partition coefficient (Wildman–Crippen LogP) is 4.73. The maximum atomic E-state index is 12.9. The monoisotopic (exact) mass is 458 g/mol. The lowest BCUT2D eigenvalue weighted by Crippen LogP contribution is -2.45. The number of hydrogen-bond donors (Lipinski definition) is 1. The molecule has 6 heteroatoms. The van der Waals surface area contributed by atoms with Gasteiger partial charge in [-0.1, -0.05) is 60.7 Å². The van der Waals surface area contributed by atoms with Crippen LogP contribution >= 0.6 is 0 Å². The maximum absolute atomic E-state index is 12.9. The highest BCUT2D eigenvalue weighted by Gasteiger charge is 2.28. The molecule has 0 aliphatic heterocycles. The molecule has 0 saturated heterocycles. The van der Waals surface area contributed by atoms with Crippen molar-refractivity contribution in [2.45, 2.75) is 52.7 Å². The summed E-state index contributed by atoms with van der Waals surface area (Å²) < 4.78 is 0. The van der Waals surface area contributed by atoms with Crippen LogP contribution in [-0.2, 0) is 9.59 Å². The van der Waals surface area contributed by atoms with E-state index in [0.29, 0.717) is 0 Å². The Hall–Kier alpha value is -3.80. The molecular weight excluding hydrogens is 428 g/mol. The summed E-state index contributed by atoms with van der Waals surface area (Å²) in [4.78, 5) is 52.7. The van der Waals surface area contributed by atoms with Gasteiger partial charge in [-0.25, -0.2) is 0 Å². The van der Waals surface area contributed by atoms with Crippen LogP contribution in [0.2, 0.25) is 0 Å². The van der Waals surface area contributed by atoms with Gasteiger partial charge in [-0.05, 0) is 57.0 Å². The average Bonchev–Trinajstić information content (AvgIpc) is 2.82. The van der Waals surface area contributed by atoms with E-state index in [9.17, 15) is 19.2 Å². The largest absolute Gasteiger partial charge is 0.343 e. The van der Waals surface area contributed by atoms with Gasteiger partial charge in [0.25, 0.3) is 11.8 Å². The molecule has 1 atom stereocenters. The number of rotatable bonds is 8. The van der Waals surface area contributed by atoms with Crippen molar-refractivity contribution < 1.29 is 19.2 Å². The molecule has 176 valence electrons. The van der Waals surface area contributed by atoms with E-state index < -0.39 is 29.4 Å². The summed E-state index contributed by atoms with van der Waals surface area (Å²) in [6.45, 7) is 9.18. The van der Waals surface area contributed by atoms with Crippen LogP contribution in [0.4, 0.5) is 0 Å². The zero-order valence-electron chi connectivity index (χ0n) is 20.2. The van der Waals surface area contributed by atoms with Crippen LogP contribution in [0.5, 0.6) is 0 Å². The zero-order chi connectivity index (χ0) is 25.0. The molecule has 3 aromatic carbocycles. The lowest BCUT2D eigenvalue weighted by molar-refractivity contribution is -0.129. The molecular formula is C28H30N2O4. The number of Topliss-reactive ketones (excluding diaryl/α,β-unsaturated/α-hetero) is 2. The Balaban J connectivity index is 1.78. The number of nitrogens with zero attached hydrogens (tertiary/aromatic N) is 1. The third kappa shape index (κ3) is 5.22. The molecule has 2 amide bonds. The number of hydrogen-bond acceptors (Lipinski definition) is 4. The molecule has 0 bridgehead atoms. The molecule has 0 aliphatic carbocycles. The van der Waals surface area contributed by atoms with Gasteiger partial charge in [0, 0.05) is 23.2 Å². The number of amides is 2. The van der Waals surface area contributed by atoms with Gasteiger partial charge in [0.05, 0.1) is 6.04 Å². The van der Waals surface area contributed by atoms with Crippen molar-refractivity contribution >= 4 is 34.2 Å².